The van der Waals surface area contributed by atoms with Gasteiger partial charge in [-0.05, 0) is 35.2 Å². The summed E-state index contributed by atoms with van der Waals surface area (Å²) in [5.74, 6) is -0.0922. The number of carbonyl (C=O) groups excluding carboxylic acids is 1. The molecule has 0 aliphatic carbocycles. The molecule has 0 saturated carbocycles. The summed E-state index contributed by atoms with van der Waals surface area (Å²) in [5.41, 5.74) is -1.05. The summed E-state index contributed by atoms with van der Waals surface area (Å²) in [4.78, 5) is 39.4. The van der Waals surface area contributed by atoms with Gasteiger partial charge < -0.3 is 10.2 Å². The summed E-state index contributed by atoms with van der Waals surface area (Å²) in [6, 6.07) is 0.873. The fourth-order valence-electron chi connectivity index (χ4n) is 3.02. The van der Waals surface area contributed by atoms with E-state index in [0.29, 0.717) is 25.2 Å². The molecular formula is C13H17BrN4O3. The molecule has 2 fully saturated rings. The van der Waals surface area contributed by atoms with Gasteiger partial charge in [-0.15, -0.1) is 0 Å². The van der Waals surface area contributed by atoms with Crippen molar-refractivity contribution in [3.63, 3.8) is 0 Å². The molecule has 2 unspecified atom stereocenters. The average Bonchev–Trinajstić information content (AvgIpc) is 2.75. The first-order valence-corrected chi connectivity index (χ1v) is 7.85. The van der Waals surface area contributed by atoms with E-state index in [9.17, 15) is 14.4 Å². The summed E-state index contributed by atoms with van der Waals surface area (Å²) >= 11 is 3.07. The minimum absolute atomic E-state index is 0.0500. The molecule has 2 atom stereocenters. The number of hydrogen-bond acceptors (Lipinski definition) is 4. The van der Waals surface area contributed by atoms with Gasteiger partial charge >= 0.3 is 5.69 Å². The van der Waals surface area contributed by atoms with E-state index in [2.05, 4.69) is 26.2 Å². The van der Waals surface area contributed by atoms with E-state index < -0.39 is 11.2 Å². The number of carbonyl (C=O) groups is 1. The molecule has 114 valence electrons. The molecule has 3 rings (SSSR count). The Morgan fingerprint density at radius 2 is 2.05 bits per heavy atom. The zero-order valence-electron chi connectivity index (χ0n) is 11.5. The number of likely N-dealkylation sites (tertiary alicyclic amines) is 1. The molecule has 3 heterocycles. The van der Waals surface area contributed by atoms with Crippen LogP contribution in [0.15, 0.2) is 20.3 Å². The number of nitrogens with zero attached hydrogens (tertiary/aromatic N) is 2. The van der Waals surface area contributed by atoms with Crippen LogP contribution in [0.4, 0.5) is 0 Å². The smallest absolute Gasteiger partial charge is 0.328 e. The number of halogens is 1. The molecule has 2 aliphatic heterocycles. The van der Waals surface area contributed by atoms with Crippen molar-refractivity contribution in [2.75, 3.05) is 13.1 Å². The van der Waals surface area contributed by atoms with Crippen LogP contribution in [0.1, 0.15) is 19.3 Å². The normalized spacial score (nSPS) is 24.9. The lowest BCUT2D eigenvalue weighted by Gasteiger charge is -2.24. The Balaban J connectivity index is 1.73. The van der Waals surface area contributed by atoms with Crippen LogP contribution in [0.3, 0.4) is 0 Å². The second-order valence-corrected chi connectivity index (χ2v) is 6.48. The van der Waals surface area contributed by atoms with Gasteiger partial charge in [0.05, 0.1) is 4.47 Å². The number of rotatable bonds is 2. The quantitative estimate of drug-likeness (QED) is 0.758. The van der Waals surface area contributed by atoms with E-state index in [0.717, 1.165) is 12.8 Å². The van der Waals surface area contributed by atoms with Gasteiger partial charge in [-0.3, -0.25) is 19.1 Å². The highest BCUT2D eigenvalue weighted by atomic mass is 79.9. The first-order chi connectivity index (χ1) is 10.0. The van der Waals surface area contributed by atoms with Crippen molar-refractivity contribution in [3.05, 3.63) is 31.5 Å². The van der Waals surface area contributed by atoms with Gasteiger partial charge in [-0.1, -0.05) is 0 Å². The highest BCUT2D eigenvalue weighted by Crippen LogP contribution is 2.20. The number of H-pyrrole nitrogens is 1. The second-order valence-electron chi connectivity index (χ2n) is 5.63. The Labute approximate surface area is 129 Å². The van der Waals surface area contributed by atoms with Crippen molar-refractivity contribution in [2.24, 2.45) is 0 Å². The molecule has 1 aromatic heterocycles. The number of aromatic amines is 1. The molecule has 2 bridgehead atoms. The number of aromatic nitrogens is 2. The molecule has 7 nitrogen and oxygen atoms in total. The van der Waals surface area contributed by atoms with E-state index in [1.165, 1.54) is 17.2 Å². The van der Waals surface area contributed by atoms with Gasteiger partial charge in [0.25, 0.3) is 5.56 Å². The van der Waals surface area contributed by atoms with Gasteiger partial charge in [0.15, 0.2) is 0 Å². The standard InChI is InChI=1S/C13H17BrN4O3/c14-10-6-18(13(21)16-12(10)20)7-11(19)17-4-3-8-1-2-9(5-17)15-8/h6,8-9,15H,1-5,7H2,(H,16,20,21). The van der Waals surface area contributed by atoms with E-state index in [1.54, 1.807) is 0 Å². The number of amides is 1. The van der Waals surface area contributed by atoms with Crippen LogP contribution in [0.2, 0.25) is 0 Å². The number of hydrogen-bond donors (Lipinski definition) is 2. The zero-order chi connectivity index (χ0) is 15.0. The first-order valence-electron chi connectivity index (χ1n) is 7.06. The van der Waals surface area contributed by atoms with Crippen LogP contribution in [0, 0.1) is 0 Å². The summed E-state index contributed by atoms with van der Waals surface area (Å²) in [5, 5.41) is 3.51. The number of nitrogens with one attached hydrogen (secondary N) is 2. The molecule has 8 heteroatoms. The fraction of sp³-hybridized carbons (Fsp3) is 0.615. The third-order valence-electron chi connectivity index (χ3n) is 4.15. The predicted molar refractivity (Wildman–Crippen MR) is 80.2 cm³/mol. The van der Waals surface area contributed by atoms with Crippen molar-refractivity contribution in [3.8, 4) is 0 Å². The first kappa shape index (κ1) is 14.5. The lowest BCUT2D eigenvalue weighted by Crippen LogP contribution is -2.42. The topological polar surface area (TPSA) is 87.2 Å². The summed E-state index contributed by atoms with van der Waals surface area (Å²) in [6.45, 7) is 1.35. The molecule has 1 aromatic rings. The second kappa shape index (κ2) is 5.76. The van der Waals surface area contributed by atoms with Crippen molar-refractivity contribution in [1.82, 2.24) is 19.8 Å². The molecule has 1 amide bonds. The Bertz CT molecular complexity index is 668. The van der Waals surface area contributed by atoms with Crippen LogP contribution in [-0.4, -0.2) is 45.5 Å². The van der Waals surface area contributed by atoms with Gasteiger partial charge in [-0.25, -0.2) is 4.79 Å². The highest BCUT2D eigenvalue weighted by Gasteiger charge is 2.31. The molecule has 2 saturated heterocycles. The van der Waals surface area contributed by atoms with Crippen LogP contribution in [0.25, 0.3) is 0 Å². The van der Waals surface area contributed by atoms with Crippen molar-refractivity contribution in [1.29, 1.82) is 0 Å². The molecule has 0 spiro atoms. The Hall–Kier alpha value is -1.41. The maximum Gasteiger partial charge on any atom is 0.328 e. The van der Waals surface area contributed by atoms with Crippen LogP contribution < -0.4 is 16.6 Å². The lowest BCUT2D eigenvalue weighted by molar-refractivity contribution is -0.132. The summed E-state index contributed by atoms with van der Waals surface area (Å²) < 4.78 is 1.47. The Kier molecular flexibility index (Phi) is 3.99. The van der Waals surface area contributed by atoms with Crippen LogP contribution >= 0.6 is 15.9 Å². The molecule has 2 aliphatic rings. The zero-order valence-corrected chi connectivity index (χ0v) is 13.1. The maximum atomic E-state index is 12.4. The fourth-order valence-corrected chi connectivity index (χ4v) is 3.36. The Morgan fingerprint density at radius 3 is 2.86 bits per heavy atom. The van der Waals surface area contributed by atoms with E-state index in [1.807, 2.05) is 4.90 Å². The molecule has 2 N–H and O–H groups in total. The third-order valence-corrected chi connectivity index (χ3v) is 4.71. The van der Waals surface area contributed by atoms with Gasteiger partial charge in [0, 0.05) is 31.4 Å². The Morgan fingerprint density at radius 1 is 1.29 bits per heavy atom. The molecule has 0 aromatic carbocycles. The van der Waals surface area contributed by atoms with E-state index >= 15 is 0 Å². The molecular weight excluding hydrogens is 340 g/mol. The summed E-state index contributed by atoms with van der Waals surface area (Å²) in [6.07, 6.45) is 4.59. The third kappa shape index (κ3) is 3.11. The summed E-state index contributed by atoms with van der Waals surface area (Å²) in [7, 11) is 0. The molecule has 21 heavy (non-hydrogen) atoms. The molecule has 0 radical (unpaired) electrons. The monoisotopic (exact) mass is 356 g/mol. The van der Waals surface area contributed by atoms with Crippen molar-refractivity contribution < 1.29 is 4.79 Å². The minimum atomic E-state index is -0.564. The largest absolute Gasteiger partial charge is 0.340 e. The SMILES string of the molecule is O=C(Cn1cc(Br)c(=O)[nH]c1=O)N1CCC2CCC(C1)N2. The van der Waals surface area contributed by atoms with Crippen molar-refractivity contribution >= 4 is 21.8 Å². The predicted octanol–water partition coefficient (Wildman–Crippen LogP) is -0.348. The van der Waals surface area contributed by atoms with Crippen molar-refractivity contribution in [2.45, 2.75) is 37.9 Å². The minimum Gasteiger partial charge on any atom is -0.340 e. The number of fused-ring (bicyclic) bond motifs is 2. The van der Waals surface area contributed by atoms with Gasteiger partial charge in [0.1, 0.15) is 6.54 Å². The van der Waals surface area contributed by atoms with E-state index in [-0.39, 0.29) is 16.9 Å². The van der Waals surface area contributed by atoms with Gasteiger partial charge in [-0.2, -0.15) is 0 Å². The highest BCUT2D eigenvalue weighted by molar-refractivity contribution is 9.10. The maximum absolute atomic E-state index is 12.4. The van der Waals surface area contributed by atoms with Gasteiger partial charge in [0.2, 0.25) is 5.91 Å². The average molecular weight is 357 g/mol. The van der Waals surface area contributed by atoms with Crippen LogP contribution in [-0.2, 0) is 11.3 Å². The van der Waals surface area contributed by atoms with E-state index in [4.69, 9.17) is 0 Å². The lowest BCUT2D eigenvalue weighted by atomic mass is 10.1. The van der Waals surface area contributed by atoms with Crippen LogP contribution in [0.5, 0.6) is 0 Å².